The zero-order valence-electron chi connectivity index (χ0n) is 10.5. The van der Waals surface area contributed by atoms with E-state index in [-0.39, 0.29) is 12.5 Å². The Morgan fingerprint density at radius 3 is 2.71 bits per heavy atom. The molecular formula is C13H20ClNO2. The predicted octanol–water partition coefficient (Wildman–Crippen LogP) is 2.46. The van der Waals surface area contributed by atoms with E-state index in [0.717, 1.165) is 11.3 Å². The van der Waals surface area contributed by atoms with Crippen molar-refractivity contribution in [2.45, 2.75) is 26.5 Å². The quantitative estimate of drug-likeness (QED) is 0.823. The van der Waals surface area contributed by atoms with E-state index in [1.165, 1.54) is 0 Å². The largest absolute Gasteiger partial charge is 0.490 e. The van der Waals surface area contributed by atoms with Gasteiger partial charge in [0.2, 0.25) is 0 Å². The summed E-state index contributed by atoms with van der Waals surface area (Å²) >= 11 is 6.10. The molecule has 0 aromatic heterocycles. The fraction of sp³-hybridized carbons (Fsp3) is 0.538. The van der Waals surface area contributed by atoms with Gasteiger partial charge in [-0.05, 0) is 25.1 Å². The van der Waals surface area contributed by atoms with Crippen molar-refractivity contribution in [3.63, 3.8) is 0 Å². The summed E-state index contributed by atoms with van der Waals surface area (Å²) in [4.78, 5) is 0. The SMILES string of the molecule is CNCc1c(Cl)cccc1OCC(O)C(C)C. The lowest BCUT2D eigenvalue weighted by Crippen LogP contribution is -2.23. The van der Waals surface area contributed by atoms with E-state index < -0.39 is 6.10 Å². The third kappa shape index (κ3) is 4.19. The summed E-state index contributed by atoms with van der Waals surface area (Å²) in [5.41, 5.74) is 0.924. The Morgan fingerprint density at radius 2 is 2.12 bits per heavy atom. The van der Waals surface area contributed by atoms with Crippen molar-refractivity contribution >= 4 is 11.6 Å². The molecule has 0 aliphatic carbocycles. The van der Waals surface area contributed by atoms with Gasteiger partial charge in [0, 0.05) is 17.1 Å². The zero-order valence-corrected chi connectivity index (χ0v) is 11.3. The fourth-order valence-corrected chi connectivity index (χ4v) is 1.62. The molecule has 1 aromatic rings. The second-order valence-electron chi connectivity index (χ2n) is 4.37. The minimum atomic E-state index is -0.462. The van der Waals surface area contributed by atoms with Gasteiger partial charge < -0.3 is 15.2 Å². The molecule has 4 heteroatoms. The fourth-order valence-electron chi connectivity index (χ4n) is 1.39. The van der Waals surface area contributed by atoms with Crippen molar-refractivity contribution in [2.24, 2.45) is 5.92 Å². The van der Waals surface area contributed by atoms with Crippen LogP contribution in [0, 0.1) is 5.92 Å². The van der Waals surface area contributed by atoms with E-state index in [0.29, 0.717) is 11.6 Å². The number of aliphatic hydroxyl groups excluding tert-OH is 1. The Balaban J connectivity index is 2.73. The van der Waals surface area contributed by atoms with Crippen LogP contribution in [0.5, 0.6) is 5.75 Å². The van der Waals surface area contributed by atoms with Crippen LogP contribution in [-0.2, 0) is 6.54 Å². The average molecular weight is 258 g/mol. The Kier molecular flexibility index (Phi) is 5.75. The molecule has 0 bridgehead atoms. The molecule has 2 N–H and O–H groups in total. The maximum atomic E-state index is 9.70. The topological polar surface area (TPSA) is 41.5 Å². The molecule has 1 unspecified atom stereocenters. The minimum Gasteiger partial charge on any atom is -0.490 e. The molecule has 0 radical (unpaired) electrons. The number of aliphatic hydroxyl groups is 1. The molecule has 1 atom stereocenters. The zero-order chi connectivity index (χ0) is 12.8. The lowest BCUT2D eigenvalue weighted by molar-refractivity contribution is 0.0697. The number of benzene rings is 1. The van der Waals surface area contributed by atoms with Crippen LogP contribution in [0.4, 0.5) is 0 Å². The molecule has 0 aliphatic rings. The van der Waals surface area contributed by atoms with Gasteiger partial charge in [-0.3, -0.25) is 0 Å². The van der Waals surface area contributed by atoms with Crippen LogP contribution in [0.3, 0.4) is 0 Å². The van der Waals surface area contributed by atoms with E-state index in [2.05, 4.69) is 5.32 Å². The summed E-state index contributed by atoms with van der Waals surface area (Å²) in [6, 6.07) is 5.55. The minimum absolute atomic E-state index is 0.182. The average Bonchev–Trinajstić information content (AvgIpc) is 2.29. The highest BCUT2D eigenvalue weighted by atomic mass is 35.5. The number of nitrogens with one attached hydrogen (secondary N) is 1. The van der Waals surface area contributed by atoms with Crippen LogP contribution < -0.4 is 10.1 Å². The van der Waals surface area contributed by atoms with Crippen LogP contribution >= 0.6 is 11.6 Å². The number of ether oxygens (including phenoxy) is 1. The van der Waals surface area contributed by atoms with Gasteiger partial charge in [-0.25, -0.2) is 0 Å². The summed E-state index contributed by atoms with van der Waals surface area (Å²) in [5, 5.41) is 13.4. The molecule has 0 aliphatic heterocycles. The molecule has 0 saturated carbocycles. The number of hydrogen-bond acceptors (Lipinski definition) is 3. The molecule has 0 amide bonds. The monoisotopic (exact) mass is 257 g/mol. The van der Waals surface area contributed by atoms with Crippen molar-refractivity contribution < 1.29 is 9.84 Å². The van der Waals surface area contributed by atoms with E-state index in [1.54, 1.807) is 0 Å². The molecule has 0 fully saturated rings. The van der Waals surface area contributed by atoms with Gasteiger partial charge in [0.15, 0.2) is 0 Å². The van der Waals surface area contributed by atoms with E-state index in [9.17, 15) is 5.11 Å². The lowest BCUT2D eigenvalue weighted by Gasteiger charge is -2.17. The summed E-state index contributed by atoms with van der Waals surface area (Å²) in [5.74, 6) is 0.911. The second kappa shape index (κ2) is 6.84. The Bertz CT molecular complexity index is 355. The number of halogens is 1. The summed E-state index contributed by atoms with van der Waals surface area (Å²) in [7, 11) is 1.86. The third-order valence-electron chi connectivity index (χ3n) is 2.61. The standard InChI is InChI=1S/C13H20ClNO2/c1-9(2)12(16)8-17-13-6-4-5-11(14)10(13)7-15-3/h4-6,9,12,15-16H,7-8H2,1-3H3. The second-order valence-corrected chi connectivity index (χ2v) is 4.78. The maximum Gasteiger partial charge on any atom is 0.125 e. The highest BCUT2D eigenvalue weighted by molar-refractivity contribution is 6.31. The highest BCUT2D eigenvalue weighted by Crippen LogP contribution is 2.26. The van der Waals surface area contributed by atoms with Gasteiger partial charge in [0.05, 0.1) is 6.10 Å². The van der Waals surface area contributed by atoms with Gasteiger partial charge in [0.1, 0.15) is 12.4 Å². The first kappa shape index (κ1) is 14.3. The first-order valence-electron chi connectivity index (χ1n) is 5.79. The van der Waals surface area contributed by atoms with Crippen molar-refractivity contribution in [2.75, 3.05) is 13.7 Å². The van der Waals surface area contributed by atoms with Crippen LogP contribution in [0.15, 0.2) is 18.2 Å². The summed E-state index contributed by atoms with van der Waals surface area (Å²) in [6.45, 7) is 4.85. The van der Waals surface area contributed by atoms with Gasteiger partial charge >= 0.3 is 0 Å². The highest BCUT2D eigenvalue weighted by Gasteiger charge is 2.12. The van der Waals surface area contributed by atoms with E-state index >= 15 is 0 Å². The third-order valence-corrected chi connectivity index (χ3v) is 2.96. The van der Waals surface area contributed by atoms with Gasteiger partial charge in [-0.2, -0.15) is 0 Å². The van der Waals surface area contributed by atoms with Crippen molar-refractivity contribution in [3.8, 4) is 5.75 Å². The molecule has 0 spiro atoms. The summed E-state index contributed by atoms with van der Waals surface area (Å²) < 4.78 is 5.62. The lowest BCUT2D eigenvalue weighted by atomic mass is 10.1. The molecule has 1 aromatic carbocycles. The number of hydrogen-bond donors (Lipinski definition) is 2. The molecule has 17 heavy (non-hydrogen) atoms. The van der Waals surface area contributed by atoms with Crippen LogP contribution in [-0.4, -0.2) is 24.9 Å². The molecule has 3 nitrogen and oxygen atoms in total. The Morgan fingerprint density at radius 1 is 1.41 bits per heavy atom. The molecule has 1 rings (SSSR count). The van der Waals surface area contributed by atoms with Crippen molar-refractivity contribution in [3.05, 3.63) is 28.8 Å². The predicted molar refractivity (Wildman–Crippen MR) is 70.6 cm³/mol. The molecule has 0 heterocycles. The van der Waals surface area contributed by atoms with Gasteiger partial charge in [-0.1, -0.05) is 31.5 Å². The molecular weight excluding hydrogens is 238 g/mol. The first-order valence-corrected chi connectivity index (χ1v) is 6.17. The van der Waals surface area contributed by atoms with Gasteiger partial charge in [0.25, 0.3) is 0 Å². The van der Waals surface area contributed by atoms with Crippen LogP contribution in [0.1, 0.15) is 19.4 Å². The first-order chi connectivity index (χ1) is 8.06. The summed E-state index contributed by atoms with van der Waals surface area (Å²) in [6.07, 6.45) is -0.462. The van der Waals surface area contributed by atoms with Crippen molar-refractivity contribution in [1.82, 2.24) is 5.32 Å². The van der Waals surface area contributed by atoms with Crippen LogP contribution in [0.2, 0.25) is 5.02 Å². The molecule has 0 saturated heterocycles. The normalized spacial score (nSPS) is 12.8. The van der Waals surface area contributed by atoms with E-state index in [4.69, 9.17) is 16.3 Å². The smallest absolute Gasteiger partial charge is 0.125 e. The molecule has 96 valence electrons. The Hall–Kier alpha value is -0.770. The van der Waals surface area contributed by atoms with Crippen LogP contribution in [0.25, 0.3) is 0 Å². The number of rotatable bonds is 6. The van der Waals surface area contributed by atoms with E-state index in [1.807, 2.05) is 39.1 Å². The van der Waals surface area contributed by atoms with Gasteiger partial charge in [-0.15, -0.1) is 0 Å². The van der Waals surface area contributed by atoms with Crippen molar-refractivity contribution in [1.29, 1.82) is 0 Å². The maximum absolute atomic E-state index is 9.70. The Labute approximate surface area is 108 Å².